The molecule has 0 spiro atoms. The van der Waals surface area contributed by atoms with E-state index in [0.29, 0.717) is 6.54 Å². The van der Waals surface area contributed by atoms with Crippen molar-refractivity contribution in [3.05, 3.63) is 54.1 Å². The number of carbonyl (C=O) groups excluding carboxylic acids is 1. The van der Waals surface area contributed by atoms with Crippen molar-refractivity contribution >= 4 is 6.03 Å². The lowest BCUT2D eigenvalue weighted by Gasteiger charge is -2.21. The Kier molecular flexibility index (Phi) is 3.93. The summed E-state index contributed by atoms with van der Waals surface area (Å²) in [6.45, 7) is 7.16. The van der Waals surface area contributed by atoms with Crippen molar-refractivity contribution in [2.24, 2.45) is 0 Å². The highest BCUT2D eigenvalue weighted by molar-refractivity contribution is 5.76. The number of carbonyl (C=O) groups is 1. The van der Waals surface area contributed by atoms with Crippen LogP contribution in [0, 0.1) is 0 Å². The van der Waals surface area contributed by atoms with Crippen LogP contribution >= 0.6 is 0 Å². The second kappa shape index (κ2) is 5.49. The van der Waals surface area contributed by atoms with Gasteiger partial charge in [0.05, 0.1) is 0 Å². The SMILES string of the molecule is CN(Cc1ccc(C(C)(C)C)cc1)C(=O)n1ccnc1. The molecule has 0 aliphatic carbocycles. The van der Waals surface area contributed by atoms with Gasteiger partial charge in [-0.15, -0.1) is 0 Å². The lowest BCUT2D eigenvalue weighted by Crippen LogP contribution is -2.29. The Hall–Kier alpha value is -2.10. The summed E-state index contributed by atoms with van der Waals surface area (Å²) < 4.78 is 1.48. The molecule has 4 heteroatoms. The van der Waals surface area contributed by atoms with E-state index in [0.717, 1.165) is 5.56 Å². The first-order chi connectivity index (χ1) is 9.38. The minimum atomic E-state index is -0.0811. The Morgan fingerprint density at radius 3 is 2.40 bits per heavy atom. The molecule has 1 amide bonds. The van der Waals surface area contributed by atoms with Crippen molar-refractivity contribution < 1.29 is 4.79 Å². The number of hydrogen-bond donors (Lipinski definition) is 0. The molecule has 0 aliphatic rings. The van der Waals surface area contributed by atoms with Crippen LogP contribution in [0.5, 0.6) is 0 Å². The zero-order valence-electron chi connectivity index (χ0n) is 12.5. The summed E-state index contributed by atoms with van der Waals surface area (Å²) in [4.78, 5) is 17.6. The highest BCUT2D eigenvalue weighted by Crippen LogP contribution is 2.22. The van der Waals surface area contributed by atoms with E-state index in [1.165, 1.54) is 16.5 Å². The van der Waals surface area contributed by atoms with Gasteiger partial charge in [0.15, 0.2) is 0 Å². The Bertz CT molecular complexity index is 565. The van der Waals surface area contributed by atoms with Crippen LogP contribution in [0.2, 0.25) is 0 Å². The third kappa shape index (κ3) is 3.26. The highest BCUT2D eigenvalue weighted by atomic mass is 16.2. The zero-order valence-corrected chi connectivity index (χ0v) is 12.5. The first-order valence-electron chi connectivity index (χ1n) is 6.71. The maximum Gasteiger partial charge on any atom is 0.329 e. The van der Waals surface area contributed by atoms with E-state index in [1.807, 2.05) is 0 Å². The summed E-state index contributed by atoms with van der Waals surface area (Å²) in [7, 11) is 1.79. The second-order valence-electron chi connectivity index (χ2n) is 6.06. The summed E-state index contributed by atoms with van der Waals surface area (Å²) in [5.41, 5.74) is 2.57. The minimum absolute atomic E-state index is 0.0811. The number of aromatic nitrogens is 2. The van der Waals surface area contributed by atoms with Gasteiger partial charge in [0.1, 0.15) is 6.33 Å². The molecule has 1 heterocycles. The maximum absolute atomic E-state index is 12.1. The molecule has 2 rings (SSSR count). The quantitative estimate of drug-likeness (QED) is 0.840. The number of nitrogens with zero attached hydrogens (tertiary/aromatic N) is 3. The van der Waals surface area contributed by atoms with Gasteiger partial charge in [0.2, 0.25) is 0 Å². The van der Waals surface area contributed by atoms with Crippen molar-refractivity contribution in [1.82, 2.24) is 14.5 Å². The summed E-state index contributed by atoms with van der Waals surface area (Å²) >= 11 is 0. The van der Waals surface area contributed by atoms with Gasteiger partial charge in [-0.1, -0.05) is 45.0 Å². The second-order valence-corrected chi connectivity index (χ2v) is 6.06. The molecule has 4 nitrogen and oxygen atoms in total. The molecule has 0 N–H and O–H groups in total. The fourth-order valence-electron chi connectivity index (χ4n) is 2.02. The van der Waals surface area contributed by atoms with E-state index in [1.54, 1.807) is 24.3 Å². The maximum atomic E-state index is 12.1. The van der Waals surface area contributed by atoms with Crippen LogP contribution in [-0.4, -0.2) is 27.5 Å². The highest BCUT2D eigenvalue weighted by Gasteiger charge is 2.14. The van der Waals surface area contributed by atoms with E-state index < -0.39 is 0 Å². The van der Waals surface area contributed by atoms with Gasteiger partial charge in [-0.3, -0.25) is 4.57 Å². The molecule has 0 fully saturated rings. The molecule has 0 saturated carbocycles. The molecule has 0 bridgehead atoms. The molecule has 0 saturated heterocycles. The average Bonchev–Trinajstić information content (AvgIpc) is 2.91. The fourth-order valence-corrected chi connectivity index (χ4v) is 2.02. The van der Waals surface area contributed by atoms with Crippen LogP contribution < -0.4 is 0 Å². The first-order valence-corrected chi connectivity index (χ1v) is 6.71. The number of imidazole rings is 1. The zero-order chi connectivity index (χ0) is 14.8. The molecular formula is C16H21N3O. The van der Waals surface area contributed by atoms with Crippen molar-refractivity contribution in [2.45, 2.75) is 32.7 Å². The van der Waals surface area contributed by atoms with Crippen molar-refractivity contribution in [2.75, 3.05) is 7.05 Å². The Balaban J connectivity index is 2.05. The normalized spacial score (nSPS) is 11.4. The summed E-state index contributed by atoms with van der Waals surface area (Å²) in [6.07, 6.45) is 4.77. The van der Waals surface area contributed by atoms with Crippen LogP contribution in [0.25, 0.3) is 0 Å². The van der Waals surface area contributed by atoms with Gasteiger partial charge in [-0.25, -0.2) is 9.78 Å². The van der Waals surface area contributed by atoms with Gasteiger partial charge in [0, 0.05) is 26.0 Å². The minimum Gasteiger partial charge on any atom is -0.323 e. The van der Waals surface area contributed by atoms with Crippen LogP contribution in [0.3, 0.4) is 0 Å². The molecule has 1 aromatic heterocycles. The number of benzene rings is 1. The predicted molar refractivity (Wildman–Crippen MR) is 79.6 cm³/mol. The fraction of sp³-hybridized carbons (Fsp3) is 0.375. The molecule has 1 aromatic carbocycles. The smallest absolute Gasteiger partial charge is 0.323 e. The average molecular weight is 271 g/mol. The van der Waals surface area contributed by atoms with Gasteiger partial charge in [-0.05, 0) is 16.5 Å². The van der Waals surface area contributed by atoms with Crippen molar-refractivity contribution in [3.8, 4) is 0 Å². The van der Waals surface area contributed by atoms with E-state index >= 15 is 0 Å². The van der Waals surface area contributed by atoms with Gasteiger partial charge in [0.25, 0.3) is 0 Å². The third-order valence-corrected chi connectivity index (χ3v) is 3.29. The Morgan fingerprint density at radius 2 is 1.90 bits per heavy atom. The number of hydrogen-bond acceptors (Lipinski definition) is 2. The van der Waals surface area contributed by atoms with Crippen LogP contribution in [0.15, 0.2) is 43.0 Å². The Labute approximate surface area is 120 Å². The van der Waals surface area contributed by atoms with Gasteiger partial charge >= 0.3 is 6.03 Å². The molecule has 20 heavy (non-hydrogen) atoms. The molecule has 106 valence electrons. The molecular weight excluding hydrogens is 250 g/mol. The molecule has 0 radical (unpaired) electrons. The topological polar surface area (TPSA) is 38.1 Å². The summed E-state index contributed by atoms with van der Waals surface area (Å²) in [5.74, 6) is 0. The van der Waals surface area contributed by atoms with Crippen molar-refractivity contribution in [3.63, 3.8) is 0 Å². The monoisotopic (exact) mass is 271 g/mol. The molecule has 2 aromatic rings. The first kappa shape index (κ1) is 14.3. The molecule has 0 atom stereocenters. The van der Waals surface area contributed by atoms with E-state index in [9.17, 15) is 4.79 Å². The van der Waals surface area contributed by atoms with Gasteiger partial charge in [-0.2, -0.15) is 0 Å². The molecule has 0 unspecified atom stereocenters. The van der Waals surface area contributed by atoms with Crippen LogP contribution in [0.4, 0.5) is 4.79 Å². The van der Waals surface area contributed by atoms with E-state index in [-0.39, 0.29) is 11.4 Å². The lowest BCUT2D eigenvalue weighted by atomic mass is 9.87. The number of amides is 1. The van der Waals surface area contributed by atoms with Gasteiger partial charge < -0.3 is 4.90 Å². The third-order valence-electron chi connectivity index (χ3n) is 3.29. The number of rotatable bonds is 2. The van der Waals surface area contributed by atoms with Crippen LogP contribution in [0.1, 0.15) is 31.9 Å². The van der Waals surface area contributed by atoms with Crippen molar-refractivity contribution in [1.29, 1.82) is 0 Å². The molecule has 0 aliphatic heterocycles. The van der Waals surface area contributed by atoms with E-state index in [2.05, 4.69) is 50.0 Å². The summed E-state index contributed by atoms with van der Waals surface area (Å²) in [5, 5.41) is 0. The van der Waals surface area contributed by atoms with Crippen LogP contribution in [-0.2, 0) is 12.0 Å². The van der Waals surface area contributed by atoms with E-state index in [4.69, 9.17) is 0 Å². The standard InChI is InChI=1S/C16H21N3O/c1-16(2,3)14-7-5-13(6-8-14)11-18(4)15(20)19-10-9-17-12-19/h5-10,12H,11H2,1-4H3. The predicted octanol–water partition coefficient (Wildman–Crippen LogP) is 3.28. The largest absolute Gasteiger partial charge is 0.329 e. The lowest BCUT2D eigenvalue weighted by molar-refractivity contribution is 0.208. The summed E-state index contributed by atoms with van der Waals surface area (Å²) in [6, 6.07) is 8.34. The Morgan fingerprint density at radius 1 is 1.25 bits per heavy atom.